The number of carbonyl (C=O) groups is 1. The Balaban J connectivity index is 2.08. The number of rotatable bonds is 4. The van der Waals surface area contributed by atoms with Crippen molar-refractivity contribution < 1.29 is 23.1 Å². The fraction of sp³-hybridized carbons (Fsp3) is 0.533. The van der Waals surface area contributed by atoms with Crippen molar-refractivity contribution in [1.29, 1.82) is 0 Å². The highest BCUT2D eigenvalue weighted by atomic mass is 19.4. The number of alkyl halides is 3. The molecule has 116 valence electrons. The van der Waals surface area contributed by atoms with Crippen LogP contribution in [0.4, 0.5) is 13.2 Å². The monoisotopic (exact) mass is 301 g/mol. The predicted molar refractivity (Wildman–Crippen MR) is 71.5 cm³/mol. The predicted octanol–water partition coefficient (Wildman–Crippen LogP) is 2.58. The third-order valence-electron chi connectivity index (χ3n) is 3.84. The van der Waals surface area contributed by atoms with E-state index in [0.717, 1.165) is 0 Å². The smallest absolute Gasteiger partial charge is 0.380 e. The van der Waals surface area contributed by atoms with E-state index >= 15 is 0 Å². The van der Waals surface area contributed by atoms with Gasteiger partial charge in [-0.15, -0.1) is 0 Å². The Morgan fingerprint density at radius 3 is 2.33 bits per heavy atom. The Hall–Kier alpha value is -1.56. The maximum absolute atomic E-state index is 13.1. The minimum Gasteiger partial charge on any atom is -0.380 e. The van der Waals surface area contributed by atoms with Gasteiger partial charge in [0.25, 0.3) is 5.91 Å². The first-order valence-electron chi connectivity index (χ1n) is 6.95. The third kappa shape index (κ3) is 3.97. The van der Waals surface area contributed by atoms with Crippen LogP contribution in [0.2, 0.25) is 0 Å². The van der Waals surface area contributed by atoms with Crippen LogP contribution in [0, 0.1) is 0 Å². The van der Waals surface area contributed by atoms with Gasteiger partial charge in [0, 0.05) is 6.42 Å². The van der Waals surface area contributed by atoms with Gasteiger partial charge in [0.2, 0.25) is 0 Å². The van der Waals surface area contributed by atoms with E-state index in [2.05, 4.69) is 0 Å². The van der Waals surface area contributed by atoms with E-state index in [4.69, 9.17) is 0 Å². The molecule has 0 bridgehead atoms. The van der Waals surface area contributed by atoms with Crippen LogP contribution in [0.15, 0.2) is 30.3 Å². The fourth-order valence-corrected chi connectivity index (χ4v) is 2.58. The molecule has 1 fully saturated rings. The van der Waals surface area contributed by atoms with Gasteiger partial charge in [-0.3, -0.25) is 4.79 Å². The molecule has 2 rings (SSSR count). The number of benzene rings is 1. The molecular formula is C15H18F3NO2. The van der Waals surface area contributed by atoms with Crippen molar-refractivity contribution in [2.45, 2.75) is 49.9 Å². The summed E-state index contributed by atoms with van der Waals surface area (Å²) in [7, 11) is 0. The Labute approximate surface area is 121 Å². The van der Waals surface area contributed by atoms with Crippen LogP contribution < -0.4 is 5.32 Å². The van der Waals surface area contributed by atoms with Crippen molar-refractivity contribution in [2.24, 2.45) is 0 Å². The van der Waals surface area contributed by atoms with Gasteiger partial charge in [0.1, 0.15) is 11.6 Å². The van der Waals surface area contributed by atoms with Gasteiger partial charge in [-0.25, -0.2) is 0 Å². The molecule has 1 aliphatic carbocycles. The Bertz CT molecular complexity index is 481. The van der Waals surface area contributed by atoms with E-state index in [1.54, 1.807) is 30.3 Å². The summed E-state index contributed by atoms with van der Waals surface area (Å²) in [5.41, 5.74) is -1.17. The van der Waals surface area contributed by atoms with E-state index in [1.807, 2.05) is 5.32 Å². The summed E-state index contributed by atoms with van der Waals surface area (Å²) in [6, 6.07) is 6.18. The maximum atomic E-state index is 13.1. The van der Waals surface area contributed by atoms with Crippen molar-refractivity contribution in [3.05, 3.63) is 35.9 Å². The van der Waals surface area contributed by atoms with Crippen molar-refractivity contribution in [3.63, 3.8) is 0 Å². The third-order valence-corrected chi connectivity index (χ3v) is 3.84. The summed E-state index contributed by atoms with van der Waals surface area (Å²) in [5.74, 6) is -0.918. The second-order valence-corrected chi connectivity index (χ2v) is 5.50. The van der Waals surface area contributed by atoms with Crippen molar-refractivity contribution in [2.75, 3.05) is 0 Å². The zero-order chi connectivity index (χ0) is 15.5. The minimum atomic E-state index is -4.56. The summed E-state index contributed by atoms with van der Waals surface area (Å²) in [6.07, 6.45) is -3.16. The van der Waals surface area contributed by atoms with Gasteiger partial charge in [-0.1, -0.05) is 30.3 Å². The van der Waals surface area contributed by atoms with Gasteiger partial charge in [-0.05, 0) is 31.2 Å². The SMILES string of the molecule is O=C(NC(Cc1ccccc1)C(F)(F)F)C1(O)CCCC1. The van der Waals surface area contributed by atoms with Gasteiger partial charge < -0.3 is 10.4 Å². The largest absolute Gasteiger partial charge is 0.408 e. The highest BCUT2D eigenvalue weighted by Gasteiger charge is 2.45. The second-order valence-electron chi connectivity index (χ2n) is 5.50. The number of aliphatic hydroxyl groups is 1. The first-order chi connectivity index (χ1) is 9.81. The lowest BCUT2D eigenvalue weighted by atomic mass is 9.99. The number of halogens is 3. The highest BCUT2D eigenvalue weighted by Crippen LogP contribution is 2.31. The summed E-state index contributed by atoms with van der Waals surface area (Å²) in [5, 5.41) is 12.0. The maximum Gasteiger partial charge on any atom is 0.408 e. The van der Waals surface area contributed by atoms with Crippen LogP contribution >= 0.6 is 0 Å². The first-order valence-corrected chi connectivity index (χ1v) is 6.95. The number of amides is 1. The highest BCUT2D eigenvalue weighted by molar-refractivity contribution is 5.85. The Morgan fingerprint density at radius 1 is 1.24 bits per heavy atom. The zero-order valence-electron chi connectivity index (χ0n) is 11.5. The molecule has 1 aliphatic rings. The first kappa shape index (κ1) is 15.8. The molecule has 2 N–H and O–H groups in total. The summed E-state index contributed by atoms with van der Waals surface area (Å²) < 4.78 is 39.2. The molecule has 0 spiro atoms. The average Bonchev–Trinajstić information content (AvgIpc) is 2.86. The summed E-state index contributed by atoms with van der Waals surface area (Å²) in [4.78, 5) is 12.0. The van der Waals surface area contributed by atoms with E-state index in [0.29, 0.717) is 18.4 Å². The van der Waals surface area contributed by atoms with E-state index < -0.39 is 23.7 Å². The van der Waals surface area contributed by atoms with Crippen LogP contribution in [0.5, 0.6) is 0 Å². The molecule has 0 aromatic heterocycles. The van der Waals surface area contributed by atoms with Crippen molar-refractivity contribution in [3.8, 4) is 0 Å². The molecule has 1 aromatic carbocycles. The summed E-state index contributed by atoms with van der Waals surface area (Å²) >= 11 is 0. The summed E-state index contributed by atoms with van der Waals surface area (Å²) in [6.45, 7) is 0. The van der Waals surface area contributed by atoms with E-state index in [9.17, 15) is 23.1 Å². The van der Waals surface area contributed by atoms with Crippen LogP contribution in [-0.4, -0.2) is 28.8 Å². The van der Waals surface area contributed by atoms with Crippen LogP contribution in [0.25, 0.3) is 0 Å². The quantitative estimate of drug-likeness (QED) is 0.898. The molecule has 0 radical (unpaired) electrons. The molecule has 6 heteroatoms. The molecule has 1 saturated carbocycles. The molecule has 1 aromatic rings. The number of nitrogens with one attached hydrogen (secondary N) is 1. The molecule has 3 nitrogen and oxygen atoms in total. The number of hydrogen-bond acceptors (Lipinski definition) is 2. The molecule has 1 atom stereocenters. The van der Waals surface area contributed by atoms with Crippen LogP contribution in [0.3, 0.4) is 0 Å². The van der Waals surface area contributed by atoms with Crippen molar-refractivity contribution >= 4 is 5.91 Å². The average molecular weight is 301 g/mol. The van der Waals surface area contributed by atoms with Gasteiger partial charge in [-0.2, -0.15) is 13.2 Å². The Kier molecular flexibility index (Phi) is 4.56. The number of hydrogen-bond donors (Lipinski definition) is 2. The van der Waals surface area contributed by atoms with Gasteiger partial charge >= 0.3 is 6.18 Å². The lowest BCUT2D eigenvalue weighted by Crippen LogP contribution is -2.54. The fourth-order valence-electron chi connectivity index (χ4n) is 2.58. The topological polar surface area (TPSA) is 49.3 Å². The second kappa shape index (κ2) is 6.05. The normalized spacial score (nSPS) is 19.2. The van der Waals surface area contributed by atoms with Gasteiger partial charge in [0.15, 0.2) is 0 Å². The number of carbonyl (C=O) groups excluding carboxylic acids is 1. The lowest BCUT2D eigenvalue weighted by Gasteiger charge is -2.27. The van der Waals surface area contributed by atoms with Crippen LogP contribution in [0.1, 0.15) is 31.2 Å². The van der Waals surface area contributed by atoms with Gasteiger partial charge in [0.05, 0.1) is 0 Å². The molecule has 21 heavy (non-hydrogen) atoms. The standard InChI is InChI=1S/C15H18F3NO2/c16-15(17,18)12(10-11-6-2-1-3-7-11)19-13(20)14(21)8-4-5-9-14/h1-3,6-7,12,21H,4-5,8-10H2,(H,19,20). The van der Waals surface area contributed by atoms with Crippen LogP contribution in [-0.2, 0) is 11.2 Å². The Morgan fingerprint density at radius 2 is 1.81 bits per heavy atom. The lowest BCUT2D eigenvalue weighted by molar-refractivity contribution is -0.167. The minimum absolute atomic E-state index is 0.217. The van der Waals surface area contributed by atoms with Crippen molar-refractivity contribution in [1.82, 2.24) is 5.32 Å². The molecule has 0 saturated heterocycles. The molecular weight excluding hydrogens is 283 g/mol. The molecule has 1 unspecified atom stereocenters. The molecule has 1 amide bonds. The van der Waals surface area contributed by atoms with E-state index in [1.165, 1.54) is 0 Å². The van der Waals surface area contributed by atoms with E-state index in [-0.39, 0.29) is 19.3 Å². The zero-order valence-corrected chi connectivity index (χ0v) is 11.5. The molecule has 0 heterocycles. The molecule has 0 aliphatic heterocycles.